The molecule has 5 rings (SSSR count). The Kier molecular flexibility index (Phi) is 3.76. The summed E-state index contributed by atoms with van der Waals surface area (Å²) in [5.74, 6) is 0.157. The van der Waals surface area contributed by atoms with E-state index in [0.717, 1.165) is 12.8 Å². The van der Waals surface area contributed by atoms with Gasteiger partial charge in [0.1, 0.15) is 12.0 Å². The van der Waals surface area contributed by atoms with Crippen molar-refractivity contribution in [3.63, 3.8) is 0 Å². The lowest BCUT2D eigenvalue weighted by Gasteiger charge is -2.35. The van der Waals surface area contributed by atoms with Crippen LogP contribution in [0.5, 0.6) is 0 Å². The fourth-order valence-corrected chi connectivity index (χ4v) is 3.62. The molecular weight excluding hydrogens is 308 g/mol. The van der Waals surface area contributed by atoms with Gasteiger partial charge < -0.3 is 14.2 Å². The van der Waals surface area contributed by atoms with Crippen LogP contribution in [0.2, 0.25) is 0 Å². The molecule has 0 aromatic carbocycles. The highest BCUT2D eigenvalue weighted by molar-refractivity contribution is 5.94. The van der Waals surface area contributed by atoms with Gasteiger partial charge >= 0.3 is 0 Å². The molecule has 0 saturated carbocycles. The van der Waals surface area contributed by atoms with Crippen LogP contribution in [0.25, 0.3) is 0 Å². The summed E-state index contributed by atoms with van der Waals surface area (Å²) >= 11 is 0. The Balaban J connectivity index is 1.55. The lowest BCUT2D eigenvalue weighted by Crippen LogP contribution is -2.47. The summed E-state index contributed by atoms with van der Waals surface area (Å²) in [7, 11) is 0. The summed E-state index contributed by atoms with van der Waals surface area (Å²) < 4.78 is 5.03. The number of furan rings is 1. The molecule has 0 spiro atoms. The minimum atomic E-state index is -0.113. The minimum Gasteiger partial charge on any atom is -0.472 e. The van der Waals surface area contributed by atoms with Gasteiger partial charge in [0.2, 0.25) is 0 Å². The number of rotatable bonds is 2. The SMILES string of the molecule is O=C(c1cnccn1)N1CC2CCC(C1)N(C(=O)c1ccoc1)C2. The van der Waals surface area contributed by atoms with Crippen LogP contribution in [0.1, 0.15) is 33.7 Å². The molecule has 3 aliphatic heterocycles. The van der Waals surface area contributed by atoms with E-state index < -0.39 is 0 Å². The van der Waals surface area contributed by atoms with Gasteiger partial charge in [0.15, 0.2) is 0 Å². The second-order valence-electron chi connectivity index (χ2n) is 6.37. The highest BCUT2D eigenvalue weighted by Crippen LogP contribution is 2.29. The van der Waals surface area contributed by atoms with Crippen LogP contribution < -0.4 is 0 Å². The van der Waals surface area contributed by atoms with Gasteiger partial charge in [0.25, 0.3) is 11.8 Å². The number of hydrogen-bond acceptors (Lipinski definition) is 5. The standard InChI is InChI=1S/C17H18N4O3/c22-16(13-3-6-24-11-13)21-9-12-1-2-14(21)10-20(8-12)17(23)15-7-18-4-5-19-15/h3-7,11-12,14H,1-2,8-10H2. The molecule has 24 heavy (non-hydrogen) atoms. The highest BCUT2D eigenvalue weighted by Gasteiger charge is 2.39. The van der Waals surface area contributed by atoms with Gasteiger partial charge in [-0.05, 0) is 24.8 Å². The van der Waals surface area contributed by atoms with Crippen molar-refractivity contribution < 1.29 is 14.0 Å². The second-order valence-corrected chi connectivity index (χ2v) is 6.37. The summed E-state index contributed by atoms with van der Waals surface area (Å²) in [6, 6.07) is 1.72. The van der Waals surface area contributed by atoms with Crippen molar-refractivity contribution in [2.45, 2.75) is 18.9 Å². The molecule has 0 radical (unpaired) electrons. The number of piperidine rings is 1. The van der Waals surface area contributed by atoms with Crippen molar-refractivity contribution in [3.05, 3.63) is 48.4 Å². The topological polar surface area (TPSA) is 79.5 Å². The summed E-state index contributed by atoms with van der Waals surface area (Å²) in [6.07, 6.45) is 9.49. The maximum absolute atomic E-state index is 12.7. The summed E-state index contributed by atoms with van der Waals surface area (Å²) in [5.41, 5.74) is 0.917. The fraction of sp³-hybridized carbons (Fsp3) is 0.412. The number of carbonyl (C=O) groups is 2. The van der Waals surface area contributed by atoms with E-state index in [4.69, 9.17) is 4.42 Å². The van der Waals surface area contributed by atoms with Crippen molar-refractivity contribution in [1.82, 2.24) is 19.8 Å². The van der Waals surface area contributed by atoms with Crippen molar-refractivity contribution in [1.29, 1.82) is 0 Å². The Morgan fingerprint density at radius 3 is 2.79 bits per heavy atom. The van der Waals surface area contributed by atoms with E-state index in [-0.39, 0.29) is 17.9 Å². The first kappa shape index (κ1) is 14.9. The number of hydrogen-bond donors (Lipinski definition) is 0. The van der Waals surface area contributed by atoms with Crippen molar-refractivity contribution >= 4 is 11.8 Å². The van der Waals surface area contributed by atoms with Gasteiger partial charge in [-0.3, -0.25) is 14.6 Å². The van der Waals surface area contributed by atoms with Crippen LogP contribution in [-0.2, 0) is 0 Å². The highest BCUT2D eigenvalue weighted by atomic mass is 16.3. The molecular formula is C17H18N4O3. The molecule has 0 N–H and O–H groups in total. The van der Waals surface area contributed by atoms with E-state index in [9.17, 15) is 9.59 Å². The fourth-order valence-electron chi connectivity index (χ4n) is 3.62. The van der Waals surface area contributed by atoms with Crippen LogP contribution in [-0.4, -0.2) is 57.3 Å². The van der Waals surface area contributed by atoms with Crippen LogP contribution >= 0.6 is 0 Å². The lowest BCUT2D eigenvalue weighted by molar-refractivity contribution is 0.0573. The van der Waals surface area contributed by atoms with E-state index in [1.54, 1.807) is 12.3 Å². The lowest BCUT2D eigenvalue weighted by atomic mass is 9.94. The van der Waals surface area contributed by atoms with Crippen molar-refractivity contribution in [2.75, 3.05) is 19.6 Å². The Hall–Kier alpha value is -2.70. The zero-order valence-electron chi connectivity index (χ0n) is 13.2. The number of fused-ring (bicyclic) bond motifs is 4. The smallest absolute Gasteiger partial charge is 0.274 e. The normalized spacial score (nSPS) is 23.2. The van der Waals surface area contributed by atoms with Crippen molar-refractivity contribution in [3.8, 4) is 0 Å². The average molecular weight is 326 g/mol. The zero-order valence-corrected chi connectivity index (χ0v) is 13.2. The van der Waals surface area contributed by atoms with Crippen molar-refractivity contribution in [2.24, 2.45) is 5.92 Å². The molecule has 3 fully saturated rings. The quantitative estimate of drug-likeness (QED) is 0.834. The van der Waals surface area contributed by atoms with Gasteiger partial charge in [0.05, 0.1) is 18.0 Å². The molecule has 2 atom stereocenters. The van der Waals surface area contributed by atoms with E-state index in [1.165, 1.54) is 24.9 Å². The summed E-state index contributed by atoms with van der Waals surface area (Å²) in [4.78, 5) is 37.2. The van der Waals surface area contributed by atoms with Gasteiger partial charge in [-0.25, -0.2) is 4.98 Å². The van der Waals surface area contributed by atoms with Crippen LogP contribution in [0.4, 0.5) is 0 Å². The Morgan fingerprint density at radius 2 is 2.04 bits per heavy atom. The third kappa shape index (κ3) is 2.66. The van der Waals surface area contributed by atoms with Crippen LogP contribution in [0, 0.1) is 5.92 Å². The molecule has 2 bridgehead atoms. The summed E-state index contributed by atoms with van der Waals surface area (Å²) in [5, 5.41) is 0. The Morgan fingerprint density at radius 1 is 1.12 bits per heavy atom. The van der Waals surface area contributed by atoms with E-state index in [2.05, 4.69) is 9.97 Å². The number of amides is 2. The Bertz CT molecular complexity index is 732. The predicted octanol–water partition coefficient (Wildman–Crippen LogP) is 1.45. The number of nitrogens with zero attached hydrogens (tertiary/aromatic N) is 4. The van der Waals surface area contributed by atoms with E-state index in [1.807, 2.05) is 9.80 Å². The predicted molar refractivity (Wildman–Crippen MR) is 84.2 cm³/mol. The number of carbonyl (C=O) groups excluding carboxylic acids is 2. The zero-order chi connectivity index (χ0) is 16.5. The van der Waals surface area contributed by atoms with E-state index >= 15 is 0 Å². The third-order valence-corrected chi connectivity index (χ3v) is 4.81. The second kappa shape index (κ2) is 6.07. The molecule has 5 heterocycles. The van der Waals surface area contributed by atoms with Crippen LogP contribution in [0.3, 0.4) is 0 Å². The van der Waals surface area contributed by atoms with Gasteiger partial charge in [-0.15, -0.1) is 0 Å². The molecule has 3 aliphatic rings. The maximum Gasteiger partial charge on any atom is 0.274 e. The largest absolute Gasteiger partial charge is 0.472 e. The molecule has 2 aromatic rings. The molecule has 2 aromatic heterocycles. The van der Waals surface area contributed by atoms with Gasteiger partial charge in [0, 0.05) is 38.1 Å². The first-order valence-corrected chi connectivity index (χ1v) is 8.11. The number of aromatic nitrogens is 2. The first-order valence-electron chi connectivity index (χ1n) is 8.11. The first-order chi connectivity index (χ1) is 11.7. The minimum absolute atomic E-state index is 0.0211. The molecule has 3 saturated heterocycles. The maximum atomic E-state index is 12.7. The molecule has 7 heteroatoms. The molecule has 7 nitrogen and oxygen atoms in total. The molecule has 2 amide bonds. The van der Waals surface area contributed by atoms with E-state index in [0.29, 0.717) is 36.8 Å². The Labute approximate surface area is 139 Å². The molecule has 0 aliphatic carbocycles. The third-order valence-electron chi connectivity index (χ3n) is 4.81. The average Bonchev–Trinajstić information content (AvgIpc) is 3.01. The monoisotopic (exact) mass is 326 g/mol. The molecule has 124 valence electrons. The van der Waals surface area contributed by atoms with Crippen LogP contribution in [0.15, 0.2) is 41.6 Å². The van der Waals surface area contributed by atoms with Gasteiger partial charge in [-0.1, -0.05) is 0 Å². The molecule has 2 unspecified atom stereocenters. The van der Waals surface area contributed by atoms with Gasteiger partial charge in [-0.2, -0.15) is 0 Å². The summed E-state index contributed by atoms with van der Waals surface area (Å²) in [6.45, 7) is 1.87.